The predicted octanol–water partition coefficient (Wildman–Crippen LogP) is 3.71. The van der Waals surface area contributed by atoms with Crippen molar-refractivity contribution in [3.8, 4) is 11.3 Å². The van der Waals surface area contributed by atoms with Crippen LogP contribution in [0.25, 0.3) is 22.2 Å². The molecule has 1 saturated heterocycles. The van der Waals surface area contributed by atoms with E-state index in [1.807, 2.05) is 30.3 Å². The zero-order valence-electron chi connectivity index (χ0n) is 14.2. The van der Waals surface area contributed by atoms with Crippen LogP contribution in [0.2, 0.25) is 0 Å². The molecule has 0 spiro atoms. The molecule has 4 rings (SSSR count). The molecule has 0 radical (unpaired) electrons. The number of benzene rings is 1. The molecule has 1 aliphatic heterocycles. The summed E-state index contributed by atoms with van der Waals surface area (Å²) in [5.41, 5.74) is 3.44. The lowest BCUT2D eigenvalue weighted by Crippen LogP contribution is -2.38. The van der Waals surface area contributed by atoms with Gasteiger partial charge in [0.1, 0.15) is 6.33 Å². The van der Waals surface area contributed by atoms with Gasteiger partial charge in [0.25, 0.3) is 0 Å². The average molecular weight is 393 g/mol. The first-order valence-corrected chi connectivity index (χ1v) is 8.39. The molecule has 1 fully saturated rings. The van der Waals surface area contributed by atoms with Gasteiger partial charge in [-0.25, -0.2) is 15.0 Å². The number of pyridine rings is 1. The van der Waals surface area contributed by atoms with Crippen molar-refractivity contribution in [3.63, 3.8) is 0 Å². The second kappa shape index (κ2) is 9.24. The number of nitrogens with zero attached hydrogens (tertiary/aromatic N) is 3. The number of hydrogen-bond acceptors (Lipinski definition) is 5. The lowest BCUT2D eigenvalue weighted by Gasteiger charge is -2.29. The van der Waals surface area contributed by atoms with Gasteiger partial charge in [0.05, 0.1) is 17.3 Å². The van der Waals surface area contributed by atoms with E-state index in [4.69, 9.17) is 4.98 Å². The second-order valence-electron chi connectivity index (χ2n) is 6.24. The van der Waals surface area contributed by atoms with Crippen molar-refractivity contribution in [1.82, 2.24) is 20.3 Å². The topological polar surface area (TPSA) is 70.9 Å². The van der Waals surface area contributed by atoms with Gasteiger partial charge in [0, 0.05) is 29.4 Å². The number of aliphatic hydroxyl groups is 1. The molecule has 3 heterocycles. The number of piperidine rings is 1. The number of aromatic nitrogens is 3. The predicted molar refractivity (Wildman–Crippen MR) is 108 cm³/mol. The quantitative estimate of drug-likeness (QED) is 0.710. The summed E-state index contributed by atoms with van der Waals surface area (Å²) in [4.78, 5) is 12.9. The van der Waals surface area contributed by atoms with Gasteiger partial charge >= 0.3 is 0 Å². The van der Waals surface area contributed by atoms with Crippen LogP contribution < -0.4 is 5.32 Å². The molecule has 3 aromatic rings. The van der Waals surface area contributed by atoms with Crippen LogP contribution in [0.5, 0.6) is 0 Å². The molecule has 0 amide bonds. The van der Waals surface area contributed by atoms with Crippen molar-refractivity contribution in [2.75, 3.05) is 6.54 Å². The van der Waals surface area contributed by atoms with Gasteiger partial charge in [-0.3, -0.25) is 0 Å². The SMILES string of the molecule is Cl.Cl.OC(c1cc(-c2cncnc2)nc2ccccc12)C1CCCCN1. The molecule has 0 aliphatic carbocycles. The van der Waals surface area contributed by atoms with Crippen LogP contribution in [0.1, 0.15) is 30.9 Å². The maximum atomic E-state index is 11.0. The van der Waals surface area contributed by atoms with Crippen LogP contribution in [-0.4, -0.2) is 32.6 Å². The monoisotopic (exact) mass is 392 g/mol. The number of halogens is 2. The molecule has 1 aromatic carbocycles. The minimum absolute atomic E-state index is 0. The Hall–Kier alpha value is -1.79. The summed E-state index contributed by atoms with van der Waals surface area (Å²) in [5.74, 6) is 0. The molecule has 0 bridgehead atoms. The lowest BCUT2D eigenvalue weighted by molar-refractivity contribution is 0.115. The van der Waals surface area contributed by atoms with E-state index in [-0.39, 0.29) is 30.9 Å². The Labute approximate surface area is 165 Å². The van der Waals surface area contributed by atoms with Crippen LogP contribution in [-0.2, 0) is 0 Å². The second-order valence-corrected chi connectivity index (χ2v) is 6.24. The van der Waals surface area contributed by atoms with Gasteiger partial charge in [0.2, 0.25) is 0 Å². The fraction of sp³-hybridized carbons (Fsp3) is 0.316. The van der Waals surface area contributed by atoms with E-state index in [1.54, 1.807) is 12.4 Å². The highest BCUT2D eigenvalue weighted by Gasteiger charge is 2.25. The highest BCUT2D eigenvalue weighted by Crippen LogP contribution is 2.31. The Bertz CT molecular complexity index is 841. The normalized spacial score (nSPS) is 17.8. The molecule has 2 unspecified atom stereocenters. The molecular weight excluding hydrogens is 371 g/mol. The lowest BCUT2D eigenvalue weighted by atomic mass is 9.92. The van der Waals surface area contributed by atoms with Crippen molar-refractivity contribution in [2.24, 2.45) is 0 Å². The smallest absolute Gasteiger partial charge is 0.115 e. The number of rotatable bonds is 3. The van der Waals surface area contributed by atoms with Crippen LogP contribution in [0, 0.1) is 0 Å². The van der Waals surface area contributed by atoms with E-state index in [0.717, 1.165) is 47.1 Å². The van der Waals surface area contributed by atoms with Crippen LogP contribution >= 0.6 is 24.8 Å². The van der Waals surface area contributed by atoms with Gasteiger partial charge in [0.15, 0.2) is 0 Å². The molecule has 2 aromatic heterocycles. The van der Waals surface area contributed by atoms with E-state index in [2.05, 4.69) is 15.3 Å². The summed E-state index contributed by atoms with van der Waals surface area (Å²) in [6.07, 6.45) is 7.76. The zero-order chi connectivity index (χ0) is 16.4. The van der Waals surface area contributed by atoms with Crippen molar-refractivity contribution in [1.29, 1.82) is 0 Å². The van der Waals surface area contributed by atoms with Crippen molar-refractivity contribution >= 4 is 35.7 Å². The summed E-state index contributed by atoms with van der Waals surface area (Å²) >= 11 is 0. The third-order valence-corrected chi connectivity index (χ3v) is 4.65. The first kappa shape index (κ1) is 20.5. The van der Waals surface area contributed by atoms with E-state index in [9.17, 15) is 5.11 Å². The fourth-order valence-corrected chi connectivity index (χ4v) is 3.39. The molecule has 2 atom stereocenters. The number of fused-ring (bicyclic) bond motifs is 1. The minimum Gasteiger partial charge on any atom is -0.387 e. The standard InChI is InChI=1S/C19H20N4O.2ClH/c24-19(17-7-3-4-8-22-17)15-9-18(13-10-20-12-21-11-13)23-16-6-2-1-5-14(15)16;;/h1-2,5-6,9-12,17,19,22,24H,3-4,7-8H2;2*1H. The average Bonchev–Trinajstić information content (AvgIpc) is 2.68. The van der Waals surface area contributed by atoms with Crippen LogP contribution in [0.15, 0.2) is 49.1 Å². The van der Waals surface area contributed by atoms with Crippen molar-refractivity contribution in [2.45, 2.75) is 31.4 Å². The molecular formula is C19H22Cl2N4O. The van der Waals surface area contributed by atoms with E-state index in [0.29, 0.717) is 0 Å². The van der Waals surface area contributed by atoms with Crippen molar-refractivity contribution in [3.05, 3.63) is 54.6 Å². The van der Waals surface area contributed by atoms with E-state index < -0.39 is 6.10 Å². The molecule has 1 aliphatic rings. The maximum absolute atomic E-state index is 11.0. The third kappa shape index (κ3) is 4.13. The summed E-state index contributed by atoms with van der Waals surface area (Å²) in [6.45, 7) is 0.962. The third-order valence-electron chi connectivity index (χ3n) is 4.65. The Morgan fingerprint density at radius 1 is 1.08 bits per heavy atom. The zero-order valence-corrected chi connectivity index (χ0v) is 15.8. The highest BCUT2D eigenvalue weighted by atomic mass is 35.5. The van der Waals surface area contributed by atoms with E-state index >= 15 is 0 Å². The number of para-hydroxylation sites is 1. The Balaban J connectivity index is 0.00000121. The molecule has 7 heteroatoms. The maximum Gasteiger partial charge on any atom is 0.115 e. The van der Waals surface area contributed by atoms with Gasteiger partial charge in [-0.15, -0.1) is 24.8 Å². The first-order chi connectivity index (χ1) is 11.8. The summed E-state index contributed by atoms with van der Waals surface area (Å²) in [5, 5.41) is 15.4. The van der Waals surface area contributed by atoms with Gasteiger partial charge in [-0.1, -0.05) is 24.6 Å². The van der Waals surface area contributed by atoms with Gasteiger partial charge in [-0.05, 0) is 37.1 Å². The minimum atomic E-state index is -0.554. The molecule has 26 heavy (non-hydrogen) atoms. The molecule has 138 valence electrons. The van der Waals surface area contributed by atoms with Crippen molar-refractivity contribution < 1.29 is 5.11 Å². The summed E-state index contributed by atoms with van der Waals surface area (Å²) in [6, 6.07) is 10.0. The largest absolute Gasteiger partial charge is 0.387 e. The Morgan fingerprint density at radius 2 is 1.85 bits per heavy atom. The van der Waals surface area contributed by atoms with Crippen LogP contribution in [0.3, 0.4) is 0 Å². The molecule has 5 nitrogen and oxygen atoms in total. The first-order valence-electron chi connectivity index (χ1n) is 8.39. The highest BCUT2D eigenvalue weighted by molar-refractivity contribution is 5.86. The van der Waals surface area contributed by atoms with Crippen LogP contribution in [0.4, 0.5) is 0 Å². The Morgan fingerprint density at radius 3 is 2.58 bits per heavy atom. The fourth-order valence-electron chi connectivity index (χ4n) is 3.39. The summed E-state index contributed by atoms with van der Waals surface area (Å²) in [7, 11) is 0. The van der Waals surface area contributed by atoms with Gasteiger partial charge in [-0.2, -0.15) is 0 Å². The molecule has 0 saturated carbocycles. The van der Waals surface area contributed by atoms with Gasteiger partial charge < -0.3 is 10.4 Å². The molecule has 2 N–H and O–H groups in total. The number of hydrogen-bond donors (Lipinski definition) is 2. The Kier molecular flexibility index (Phi) is 7.29. The van der Waals surface area contributed by atoms with E-state index in [1.165, 1.54) is 12.7 Å². The number of aliphatic hydroxyl groups excluding tert-OH is 1. The summed E-state index contributed by atoms with van der Waals surface area (Å²) < 4.78 is 0. The number of nitrogens with one attached hydrogen (secondary N) is 1.